The number of hydrogen-bond acceptors (Lipinski definition) is 6. The van der Waals surface area contributed by atoms with Crippen LogP contribution in [0.2, 0.25) is 18.1 Å². The first-order chi connectivity index (χ1) is 13.3. The van der Waals surface area contributed by atoms with Crippen LogP contribution in [-0.2, 0) is 28.2 Å². The smallest absolute Gasteiger partial charge is 0.309 e. The largest absolute Gasteiger partial charge is 0.492 e. The lowest BCUT2D eigenvalue weighted by molar-refractivity contribution is -0.182. The molecule has 0 aromatic heterocycles. The number of carbonyl (C=O) groups excluding carboxylic acids is 2. The van der Waals surface area contributed by atoms with Gasteiger partial charge < -0.3 is 18.6 Å². The van der Waals surface area contributed by atoms with Crippen LogP contribution in [0.4, 0.5) is 0 Å². The topological polar surface area (TPSA) is 71.1 Å². The van der Waals surface area contributed by atoms with Gasteiger partial charge in [0.1, 0.15) is 0 Å². The van der Waals surface area contributed by atoms with Crippen molar-refractivity contribution >= 4 is 20.3 Å². The van der Waals surface area contributed by atoms with E-state index >= 15 is 0 Å². The molecule has 0 N–H and O–H groups in total. The van der Waals surface area contributed by atoms with Gasteiger partial charge in [-0.3, -0.25) is 9.59 Å². The Morgan fingerprint density at radius 1 is 1.03 bits per heavy atom. The third-order valence-corrected chi connectivity index (χ3v) is 10.7. The normalized spacial score (nSPS) is 24.4. The summed E-state index contributed by atoms with van der Waals surface area (Å²) in [6.45, 7) is 18.6. The summed E-state index contributed by atoms with van der Waals surface area (Å²) < 4.78 is 23.5. The van der Waals surface area contributed by atoms with Crippen molar-refractivity contribution in [1.29, 1.82) is 0 Å². The molecule has 7 heteroatoms. The third-order valence-electron chi connectivity index (χ3n) is 6.16. The molecule has 5 atom stereocenters. The van der Waals surface area contributed by atoms with Crippen molar-refractivity contribution in [3.05, 3.63) is 12.3 Å². The number of hydrogen-bond donors (Lipinski definition) is 0. The molecule has 0 radical (unpaired) electrons. The molecule has 0 saturated carbocycles. The maximum atomic E-state index is 12.5. The first-order valence-electron chi connectivity index (χ1n) is 10.7. The monoisotopic (exact) mass is 428 g/mol. The van der Waals surface area contributed by atoms with Crippen molar-refractivity contribution < 1.29 is 28.2 Å². The lowest BCUT2D eigenvalue weighted by atomic mass is 10.0. The van der Waals surface area contributed by atoms with Gasteiger partial charge in [0.2, 0.25) is 0 Å². The van der Waals surface area contributed by atoms with Crippen LogP contribution in [0.3, 0.4) is 0 Å². The Labute approximate surface area is 177 Å². The summed E-state index contributed by atoms with van der Waals surface area (Å²) in [5, 5.41) is 0.0445. The average Bonchev–Trinajstić information content (AvgIpc) is 2.65. The van der Waals surface area contributed by atoms with Gasteiger partial charge in [0, 0.05) is 0 Å². The van der Waals surface area contributed by atoms with Gasteiger partial charge in [0.25, 0.3) is 0 Å². The van der Waals surface area contributed by atoms with Gasteiger partial charge in [-0.2, -0.15) is 0 Å². The maximum absolute atomic E-state index is 12.5. The number of carbonyl (C=O) groups is 2. The van der Waals surface area contributed by atoms with Gasteiger partial charge in [-0.15, -0.1) is 0 Å². The van der Waals surface area contributed by atoms with Crippen LogP contribution in [0.25, 0.3) is 0 Å². The highest BCUT2D eigenvalue weighted by atomic mass is 28.4. The Hall–Kier alpha value is -1.34. The van der Waals surface area contributed by atoms with E-state index in [2.05, 4.69) is 33.9 Å². The molecular weight excluding hydrogens is 388 g/mol. The second-order valence-corrected chi connectivity index (χ2v) is 14.3. The lowest BCUT2D eigenvalue weighted by Gasteiger charge is -2.39. The number of ether oxygens (including phenoxy) is 3. The summed E-state index contributed by atoms with van der Waals surface area (Å²) in [5.74, 6) is -1.09. The standard InChI is InChI=1S/C22H40O6Si/c1-10-15(3)20(23)27-17-12-13-25-18(14-26-29(8,9)22(5,6)7)19(17)28-21(24)16(4)11-2/h12-13,15-19H,10-11,14H2,1-9H3/t15-,16-,17+,18+,19-/m0/s1. The molecule has 1 heterocycles. The predicted octanol–water partition coefficient (Wildman–Crippen LogP) is 4.84. The molecule has 0 fully saturated rings. The predicted molar refractivity (Wildman–Crippen MR) is 116 cm³/mol. The van der Waals surface area contributed by atoms with Crippen molar-refractivity contribution in [2.75, 3.05) is 6.61 Å². The van der Waals surface area contributed by atoms with E-state index in [0.717, 1.165) is 0 Å². The molecule has 0 unspecified atom stereocenters. The van der Waals surface area contributed by atoms with E-state index in [-0.39, 0.29) is 35.4 Å². The minimum atomic E-state index is -2.02. The van der Waals surface area contributed by atoms with Gasteiger partial charge in [-0.05, 0) is 37.0 Å². The molecule has 1 aliphatic heterocycles. The van der Waals surface area contributed by atoms with Crippen LogP contribution < -0.4 is 0 Å². The summed E-state index contributed by atoms with van der Waals surface area (Å²) in [6.07, 6.45) is 2.55. The highest BCUT2D eigenvalue weighted by Crippen LogP contribution is 2.37. The van der Waals surface area contributed by atoms with E-state index in [1.165, 1.54) is 6.26 Å². The summed E-state index contributed by atoms with van der Waals surface area (Å²) >= 11 is 0. The molecule has 29 heavy (non-hydrogen) atoms. The fourth-order valence-electron chi connectivity index (χ4n) is 2.35. The molecule has 168 valence electrons. The average molecular weight is 429 g/mol. The molecule has 6 nitrogen and oxygen atoms in total. The van der Waals surface area contributed by atoms with Crippen LogP contribution in [0.15, 0.2) is 12.3 Å². The number of esters is 2. The minimum absolute atomic E-state index is 0.0445. The number of rotatable bonds is 9. The van der Waals surface area contributed by atoms with Gasteiger partial charge in [0.15, 0.2) is 26.6 Å². The Kier molecular flexibility index (Phi) is 9.41. The van der Waals surface area contributed by atoms with E-state index in [4.69, 9.17) is 18.6 Å². The van der Waals surface area contributed by atoms with E-state index < -0.39 is 26.6 Å². The Balaban J connectivity index is 3.01. The quantitative estimate of drug-likeness (QED) is 0.387. The fourth-order valence-corrected chi connectivity index (χ4v) is 3.36. The second kappa shape index (κ2) is 10.6. The summed E-state index contributed by atoms with van der Waals surface area (Å²) in [5.41, 5.74) is 0. The maximum Gasteiger partial charge on any atom is 0.309 e. The van der Waals surface area contributed by atoms with Crippen molar-refractivity contribution in [2.24, 2.45) is 11.8 Å². The van der Waals surface area contributed by atoms with Crippen molar-refractivity contribution in [2.45, 2.75) is 97.8 Å². The molecule has 1 rings (SSSR count). The van der Waals surface area contributed by atoms with Gasteiger partial charge in [0.05, 0.1) is 24.7 Å². The van der Waals surface area contributed by atoms with Gasteiger partial charge >= 0.3 is 11.9 Å². The van der Waals surface area contributed by atoms with Gasteiger partial charge in [-0.25, -0.2) is 0 Å². The van der Waals surface area contributed by atoms with Crippen molar-refractivity contribution in [3.8, 4) is 0 Å². The molecule has 0 amide bonds. The fraction of sp³-hybridized carbons (Fsp3) is 0.818. The van der Waals surface area contributed by atoms with Crippen molar-refractivity contribution in [3.63, 3.8) is 0 Å². The van der Waals surface area contributed by atoms with Gasteiger partial charge in [-0.1, -0.05) is 48.5 Å². The molecule has 0 aromatic rings. The molecule has 0 spiro atoms. The van der Waals surface area contributed by atoms with Crippen molar-refractivity contribution in [1.82, 2.24) is 0 Å². The lowest BCUT2D eigenvalue weighted by Crippen LogP contribution is -2.51. The van der Waals surface area contributed by atoms with E-state index in [1.807, 2.05) is 27.7 Å². The first-order valence-corrected chi connectivity index (χ1v) is 13.6. The van der Waals surface area contributed by atoms with E-state index in [1.54, 1.807) is 6.08 Å². The second-order valence-electron chi connectivity index (χ2n) is 9.50. The molecule has 1 aliphatic rings. The van der Waals surface area contributed by atoms with E-state index in [9.17, 15) is 9.59 Å². The zero-order valence-electron chi connectivity index (χ0n) is 19.6. The Morgan fingerprint density at radius 2 is 1.55 bits per heavy atom. The Morgan fingerprint density at radius 3 is 2.03 bits per heavy atom. The van der Waals surface area contributed by atoms with Crippen LogP contribution in [0.5, 0.6) is 0 Å². The van der Waals surface area contributed by atoms with Crippen LogP contribution in [-0.4, -0.2) is 45.2 Å². The molecule has 0 saturated heterocycles. The SMILES string of the molecule is CC[C@H](C)C(=O)O[C@H]1[C@H](OC(=O)[C@@H](C)CC)C=CO[C@@H]1CO[Si](C)(C)C(C)(C)C. The Bertz CT molecular complexity index is 580. The molecule has 0 aromatic carbocycles. The molecule has 0 bridgehead atoms. The minimum Gasteiger partial charge on any atom is -0.492 e. The van der Waals surface area contributed by atoms with Crippen LogP contribution >= 0.6 is 0 Å². The summed E-state index contributed by atoms with van der Waals surface area (Å²) in [7, 11) is -2.02. The highest BCUT2D eigenvalue weighted by molar-refractivity contribution is 6.74. The van der Waals surface area contributed by atoms with Crippen LogP contribution in [0.1, 0.15) is 61.3 Å². The van der Waals surface area contributed by atoms with Crippen LogP contribution in [0, 0.1) is 11.8 Å². The van der Waals surface area contributed by atoms with E-state index in [0.29, 0.717) is 12.8 Å². The summed E-state index contributed by atoms with van der Waals surface area (Å²) in [4.78, 5) is 24.9. The zero-order valence-corrected chi connectivity index (χ0v) is 20.6. The highest BCUT2D eigenvalue weighted by Gasteiger charge is 2.42. The first kappa shape index (κ1) is 25.7. The molecular formula is C22H40O6Si. The third kappa shape index (κ3) is 7.14. The zero-order chi connectivity index (χ0) is 22.4. The molecule has 0 aliphatic carbocycles. The summed E-state index contributed by atoms with van der Waals surface area (Å²) in [6, 6.07) is 0.